The van der Waals surface area contributed by atoms with Gasteiger partial charge in [-0.3, -0.25) is 14.7 Å². The number of carbonyl (C=O) groups is 1. The monoisotopic (exact) mass is 327 g/mol. The Bertz CT molecular complexity index is 673. The molecule has 2 aromatic heterocycles. The molecule has 0 radical (unpaired) electrons. The summed E-state index contributed by atoms with van der Waals surface area (Å²) in [5, 5.41) is 2.05. The zero-order valence-corrected chi connectivity index (χ0v) is 14.1. The quantitative estimate of drug-likeness (QED) is 0.810. The SMILES string of the molecule is Cc1ccsc1/C=C/C(=O)N1CCN(Cc2ccncc2)CC1. The molecule has 3 heterocycles. The predicted molar refractivity (Wildman–Crippen MR) is 94.2 cm³/mol. The van der Waals surface area contributed by atoms with Crippen molar-refractivity contribution in [3.63, 3.8) is 0 Å². The molecule has 0 unspecified atom stereocenters. The fourth-order valence-electron chi connectivity index (χ4n) is 2.68. The van der Waals surface area contributed by atoms with Crippen molar-refractivity contribution in [2.75, 3.05) is 26.2 Å². The van der Waals surface area contributed by atoms with Crippen molar-refractivity contribution in [2.45, 2.75) is 13.5 Å². The van der Waals surface area contributed by atoms with Crippen LogP contribution in [0.5, 0.6) is 0 Å². The van der Waals surface area contributed by atoms with Crippen LogP contribution in [0.25, 0.3) is 6.08 Å². The molecule has 23 heavy (non-hydrogen) atoms. The van der Waals surface area contributed by atoms with E-state index in [-0.39, 0.29) is 5.91 Å². The minimum Gasteiger partial charge on any atom is -0.337 e. The van der Waals surface area contributed by atoms with Gasteiger partial charge < -0.3 is 4.90 Å². The Labute approximate surface area is 141 Å². The van der Waals surface area contributed by atoms with Crippen LogP contribution in [0, 0.1) is 6.92 Å². The molecular formula is C18H21N3OS. The van der Waals surface area contributed by atoms with Crippen molar-refractivity contribution in [1.82, 2.24) is 14.8 Å². The van der Waals surface area contributed by atoms with Gasteiger partial charge in [0.1, 0.15) is 0 Å². The van der Waals surface area contributed by atoms with Gasteiger partial charge >= 0.3 is 0 Å². The first-order chi connectivity index (χ1) is 11.2. The number of thiophene rings is 1. The van der Waals surface area contributed by atoms with E-state index in [4.69, 9.17) is 0 Å². The summed E-state index contributed by atoms with van der Waals surface area (Å²) in [5.41, 5.74) is 2.49. The highest BCUT2D eigenvalue weighted by Gasteiger charge is 2.19. The van der Waals surface area contributed by atoms with Gasteiger partial charge in [-0.1, -0.05) is 0 Å². The Kier molecular flexibility index (Phi) is 5.20. The molecule has 0 saturated carbocycles. The minimum absolute atomic E-state index is 0.112. The molecule has 3 rings (SSSR count). The zero-order chi connectivity index (χ0) is 16.1. The largest absolute Gasteiger partial charge is 0.337 e. The van der Waals surface area contributed by atoms with Gasteiger partial charge in [-0.2, -0.15) is 0 Å². The van der Waals surface area contributed by atoms with E-state index in [1.165, 1.54) is 11.1 Å². The Balaban J connectivity index is 1.49. The van der Waals surface area contributed by atoms with E-state index in [2.05, 4.69) is 28.3 Å². The van der Waals surface area contributed by atoms with Crippen LogP contribution in [0.2, 0.25) is 0 Å². The standard InChI is InChI=1S/C18H21N3OS/c1-15-6-13-23-17(15)2-3-18(22)21-11-9-20(10-12-21)14-16-4-7-19-8-5-16/h2-8,13H,9-12,14H2,1H3/b3-2+. The number of hydrogen-bond donors (Lipinski definition) is 0. The molecule has 120 valence electrons. The summed E-state index contributed by atoms with van der Waals surface area (Å²) in [6.07, 6.45) is 7.29. The number of piperazine rings is 1. The van der Waals surface area contributed by atoms with Gasteiger partial charge in [-0.05, 0) is 47.7 Å². The van der Waals surface area contributed by atoms with Crippen LogP contribution in [-0.4, -0.2) is 46.9 Å². The zero-order valence-electron chi connectivity index (χ0n) is 13.3. The maximum atomic E-state index is 12.3. The Morgan fingerprint density at radius 2 is 1.96 bits per heavy atom. The molecule has 1 aliphatic heterocycles. The fraction of sp³-hybridized carbons (Fsp3) is 0.333. The summed E-state index contributed by atoms with van der Waals surface area (Å²) in [4.78, 5) is 21.8. The second kappa shape index (κ2) is 7.53. The number of hydrogen-bond acceptors (Lipinski definition) is 4. The van der Waals surface area contributed by atoms with E-state index in [0.29, 0.717) is 0 Å². The average molecular weight is 327 g/mol. The number of pyridine rings is 1. The summed E-state index contributed by atoms with van der Waals surface area (Å²) in [6.45, 7) is 6.41. The average Bonchev–Trinajstić information content (AvgIpc) is 2.99. The maximum Gasteiger partial charge on any atom is 0.246 e. The van der Waals surface area contributed by atoms with E-state index in [9.17, 15) is 4.79 Å². The van der Waals surface area contributed by atoms with Crippen molar-refractivity contribution in [3.05, 3.63) is 58.1 Å². The van der Waals surface area contributed by atoms with Crippen molar-refractivity contribution in [1.29, 1.82) is 0 Å². The molecule has 4 nitrogen and oxygen atoms in total. The van der Waals surface area contributed by atoms with Crippen LogP contribution >= 0.6 is 11.3 Å². The molecule has 0 bridgehead atoms. The smallest absolute Gasteiger partial charge is 0.246 e. The first-order valence-electron chi connectivity index (χ1n) is 7.85. The summed E-state index contributed by atoms with van der Waals surface area (Å²) in [6, 6.07) is 6.17. The molecule has 1 amide bonds. The van der Waals surface area contributed by atoms with Crippen molar-refractivity contribution < 1.29 is 4.79 Å². The molecular weight excluding hydrogens is 306 g/mol. The lowest BCUT2D eigenvalue weighted by Gasteiger charge is -2.34. The van der Waals surface area contributed by atoms with Crippen molar-refractivity contribution in [3.8, 4) is 0 Å². The highest BCUT2D eigenvalue weighted by Crippen LogP contribution is 2.17. The van der Waals surface area contributed by atoms with E-state index < -0.39 is 0 Å². The van der Waals surface area contributed by atoms with Crippen molar-refractivity contribution >= 4 is 23.3 Å². The first kappa shape index (κ1) is 15.9. The highest BCUT2D eigenvalue weighted by molar-refractivity contribution is 7.11. The normalized spacial score (nSPS) is 16.1. The molecule has 0 N–H and O–H groups in total. The molecule has 0 spiro atoms. The molecule has 1 aliphatic rings. The Hall–Kier alpha value is -1.98. The third kappa shape index (κ3) is 4.27. The maximum absolute atomic E-state index is 12.3. The predicted octanol–water partition coefficient (Wildman–Crippen LogP) is 2.81. The number of aromatic nitrogens is 1. The number of nitrogens with zero attached hydrogens (tertiary/aromatic N) is 3. The molecule has 2 aromatic rings. The molecule has 1 fully saturated rings. The van der Waals surface area contributed by atoms with E-state index >= 15 is 0 Å². The van der Waals surface area contributed by atoms with Crippen LogP contribution < -0.4 is 0 Å². The van der Waals surface area contributed by atoms with E-state index in [1.54, 1.807) is 17.4 Å². The first-order valence-corrected chi connectivity index (χ1v) is 8.73. The van der Waals surface area contributed by atoms with Gasteiger partial charge in [0.15, 0.2) is 0 Å². The lowest BCUT2D eigenvalue weighted by atomic mass is 10.2. The topological polar surface area (TPSA) is 36.4 Å². The van der Waals surface area contributed by atoms with Crippen LogP contribution in [0.4, 0.5) is 0 Å². The van der Waals surface area contributed by atoms with Gasteiger partial charge in [0.25, 0.3) is 0 Å². The van der Waals surface area contributed by atoms with E-state index in [1.807, 2.05) is 35.5 Å². The van der Waals surface area contributed by atoms with Crippen LogP contribution in [-0.2, 0) is 11.3 Å². The fourth-order valence-corrected chi connectivity index (χ4v) is 3.50. The number of amides is 1. The molecule has 1 saturated heterocycles. The van der Waals surface area contributed by atoms with Crippen LogP contribution in [0.15, 0.2) is 42.0 Å². The van der Waals surface area contributed by atoms with Gasteiger partial charge in [-0.25, -0.2) is 0 Å². The van der Waals surface area contributed by atoms with Gasteiger partial charge in [0.05, 0.1) is 0 Å². The Morgan fingerprint density at radius 1 is 1.22 bits per heavy atom. The highest BCUT2D eigenvalue weighted by atomic mass is 32.1. The minimum atomic E-state index is 0.112. The summed E-state index contributed by atoms with van der Waals surface area (Å²) in [5.74, 6) is 0.112. The van der Waals surface area contributed by atoms with Gasteiger partial charge in [-0.15, -0.1) is 11.3 Å². The molecule has 5 heteroatoms. The summed E-state index contributed by atoms with van der Waals surface area (Å²) < 4.78 is 0. The van der Waals surface area contributed by atoms with Crippen molar-refractivity contribution in [2.24, 2.45) is 0 Å². The van der Waals surface area contributed by atoms with Crippen LogP contribution in [0.3, 0.4) is 0 Å². The Morgan fingerprint density at radius 3 is 2.61 bits per heavy atom. The van der Waals surface area contributed by atoms with E-state index in [0.717, 1.165) is 37.6 Å². The third-order valence-corrected chi connectivity index (χ3v) is 5.10. The number of aryl methyl sites for hydroxylation is 1. The lowest BCUT2D eigenvalue weighted by molar-refractivity contribution is -0.127. The third-order valence-electron chi connectivity index (χ3n) is 4.12. The van der Waals surface area contributed by atoms with Crippen LogP contribution in [0.1, 0.15) is 16.0 Å². The second-order valence-corrected chi connectivity index (χ2v) is 6.71. The molecule has 0 aliphatic carbocycles. The second-order valence-electron chi connectivity index (χ2n) is 5.76. The number of rotatable bonds is 4. The summed E-state index contributed by atoms with van der Waals surface area (Å²) in [7, 11) is 0. The van der Waals surface area contributed by atoms with Gasteiger partial charge in [0, 0.05) is 56.1 Å². The van der Waals surface area contributed by atoms with Gasteiger partial charge in [0.2, 0.25) is 5.91 Å². The molecule has 0 aromatic carbocycles. The number of carbonyl (C=O) groups excluding carboxylic acids is 1. The summed E-state index contributed by atoms with van der Waals surface area (Å²) >= 11 is 1.67. The lowest BCUT2D eigenvalue weighted by Crippen LogP contribution is -2.47. The molecule has 0 atom stereocenters.